The van der Waals surface area contributed by atoms with Gasteiger partial charge >= 0.3 is 6.09 Å². The van der Waals surface area contributed by atoms with Gasteiger partial charge in [-0.1, -0.05) is 27.7 Å². The van der Waals surface area contributed by atoms with E-state index in [1.54, 1.807) is 13.8 Å². The third-order valence-corrected chi connectivity index (χ3v) is 3.76. The minimum Gasteiger partial charge on any atom is -0.450 e. The highest BCUT2D eigenvalue weighted by atomic mass is 16.5. The Kier molecular flexibility index (Phi) is 11.4. The lowest BCUT2D eigenvalue weighted by atomic mass is 10.0. The summed E-state index contributed by atoms with van der Waals surface area (Å²) in [5.74, 6) is -0.0592. The van der Waals surface area contributed by atoms with E-state index in [4.69, 9.17) is 4.74 Å². The number of carbonyl (C=O) groups excluding carboxylic acids is 2. The van der Waals surface area contributed by atoms with Gasteiger partial charge in [0, 0.05) is 0 Å². The van der Waals surface area contributed by atoms with Gasteiger partial charge in [-0.05, 0) is 32.1 Å². The third kappa shape index (κ3) is 9.62. The van der Waals surface area contributed by atoms with Crippen molar-refractivity contribution in [3.8, 4) is 0 Å². The first-order chi connectivity index (χ1) is 11.6. The predicted octanol–water partition coefficient (Wildman–Crippen LogP) is 0.577. The second kappa shape index (κ2) is 12.1. The molecule has 0 aliphatic rings. The van der Waals surface area contributed by atoms with Gasteiger partial charge in [-0.3, -0.25) is 10.1 Å². The molecule has 0 rings (SSSR count). The number of nitrogens with one attached hydrogen (secondary N) is 3. The number of rotatable bonds is 11. The maximum Gasteiger partial charge on any atom is 0.407 e. The van der Waals surface area contributed by atoms with E-state index < -0.39 is 24.4 Å². The molecule has 8 nitrogen and oxygen atoms in total. The number of hydrogen-bond acceptors (Lipinski definition) is 6. The van der Waals surface area contributed by atoms with Crippen molar-refractivity contribution in [2.75, 3.05) is 13.2 Å². The molecule has 0 spiro atoms. The van der Waals surface area contributed by atoms with Gasteiger partial charge in [0.2, 0.25) is 5.91 Å². The van der Waals surface area contributed by atoms with E-state index in [2.05, 4.69) is 16.0 Å². The Morgan fingerprint density at radius 2 is 1.68 bits per heavy atom. The molecule has 0 aliphatic carbocycles. The lowest BCUT2D eigenvalue weighted by Crippen LogP contribution is -2.58. The van der Waals surface area contributed by atoms with Crippen LogP contribution in [0.3, 0.4) is 0 Å². The van der Waals surface area contributed by atoms with Crippen LogP contribution in [0, 0.1) is 11.8 Å². The van der Waals surface area contributed by atoms with Gasteiger partial charge in [0.15, 0.2) is 0 Å². The Balaban J connectivity index is 4.68. The van der Waals surface area contributed by atoms with Crippen LogP contribution in [0.2, 0.25) is 0 Å². The summed E-state index contributed by atoms with van der Waals surface area (Å²) in [7, 11) is 0. The molecule has 25 heavy (non-hydrogen) atoms. The van der Waals surface area contributed by atoms with Crippen molar-refractivity contribution in [3.63, 3.8) is 0 Å². The molecular weight excluding hydrogens is 326 g/mol. The maximum atomic E-state index is 12.2. The number of alkyl carbamates (subject to hydrolysis) is 1. The minimum absolute atomic E-state index is 0.0756. The summed E-state index contributed by atoms with van der Waals surface area (Å²) in [4.78, 5) is 23.8. The Morgan fingerprint density at radius 1 is 1.08 bits per heavy atom. The summed E-state index contributed by atoms with van der Waals surface area (Å²) in [6, 6.07) is -1.63. The molecule has 0 aliphatic heterocycles. The van der Waals surface area contributed by atoms with E-state index in [1.165, 1.54) is 0 Å². The number of ether oxygens (including phenoxy) is 1. The van der Waals surface area contributed by atoms with Gasteiger partial charge in [0.1, 0.15) is 6.23 Å². The van der Waals surface area contributed by atoms with Crippen LogP contribution < -0.4 is 16.0 Å². The molecule has 148 valence electrons. The molecule has 0 radical (unpaired) electrons. The van der Waals surface area contributed by atoms with Gasteiger partial charge in [-0.15, -0.1) is 0 Å². The van der Waals surface area contributed by atoms with Crippen molar-refractivity contribution >= 4 is 12.0 Å². The second-order valence-corrected chi connectivity index (χ2v) is 6.99. The van der Waals surface area contributed by atoms with Crippen molar-refractivity contribution in [2.45, 2.75) is 72.3 Å². The van der Waals surface area contributed by atoms with Crippen molar-refractivity contribution in [2.24, 2.45) is 11.8 Å². The lowest BCUT2D eigenvalue weighted by Gasteiger charge is -2.30. The highest BCUT2D eigenvalue weighted by molar-refractivity contribution is 5.81. The average Bonchev–Trinajstić information content (AvgIpc) is 2.50. The first kappa shape index (κ1) is 23.6. The molecule has 2 amide bonds. The Bertz CT molecular complexity index is 404. The zero-order chi connectivity index (χ0) is 19.6. The molecule has 8 heteroatoms. The van der Waals surface area contributed by atoms with Crippen molar-refractivity contribution in [3.05, 3.63) is 0 Å². The molecule has 4 atom stereocenters. The largest absolute Gasteiger partial charge is 0.450 e. The van der Waals surface area contributed by atoms with Crippen molar-refractivity contribution in [1.82, 2.24) is 16.0 Å². The highest BCUT2D eigenvalue weighted by Gasteiger charge is 2.28. The smallest absolute Gasteiger partial charge is 0.407 e. The highest BCUT2D eigenvalue weighted by Crippen LogP contribution is 2.08. The van der Waals surface area contributed by atoms with Crippen LogP contribution in [0.4, 0.5) is 4.79 Å². The van der Waals surface area contributed by atoms with Gasteiger partial charge in [-0.25, -0.2) is 4.79 Å². The van der Waals surface area contributed by atoms with E-state index in [1.807, 2.05) is 27.7 Å². The Labute approximate surface area is 150 Å². The van der Waals surface area contributed by atoms with E-state index in [0.717, 1.165) is 0 Å². The van der Waals surface area contributed by atoms with E-state index >= 15 is 0 Å². The zero-order valence-corrected chi connectivity index (χ0v) is 16.2. The summed E-state index contributed by atoms with van der Waals surface area (Å²) in [5.41, 5.74) is 0. The van der Waals surface area contributed by atoms with Crippen LogP contribution in [0.15, 0.2) is 0 Å². The SMILES string of the molecule is CCOC(=O)NC(C(C)C)C(O)NC(C)C(=O)NC(CO)CC(C)C. The molecule has 0 fully saturated rings. The summed E-state index contributed by atoms with van der Waals surface area (Å²) >= 11 is 0. The molecular formula is C17H35N3O5. The van der Waals surface area contributed by atoms with Crippen LogP contribution in [-0.2, 0) is 9.53 Å². The standard InChI is InChI=1S/C17H35N3O5/c1-7-25-17(24)20-14(11(4)5)16(23)18-12(6)15(22)19-13(9-21)8-10(2)3/h10-14,16,18,21,23H,7-9H2,1-6H3,(H,19,22)(H,20,24). The van der Waals surface area contributed by atoms with Gasteiger partial charge in [0.05, 0.1) is 31.3 Å². The molecule has 0 bridgehead atoms. The molecule has 0 aromatic carbocycles. The fraction of sp³-hybridized carbons (Fsp3) is 0.882. The minimum atomic E-state index is -1.12. The summed E-state index contributed by atoms with van der Waals surface area (Å²) in [6.45, 7) is 11.1. The van der Waals surface area contributed by atoms with E-state index in [9.17, 15) is 19.8 Å². The lowest BCUT2D eigenvalue weighted by molar-refractivity contribution is -0.125. The molecule has 0 heterocycles. The van der Waals surface area contributed by atoms with Gasteiger partial charge in [0.25, 0.3) is 0 Å². The maximum absolute atomic E-state index is 12.2. The van der Waals surface area contributed by atoms with E-state index in [0.29, 0.717) is 12.3 Å². The number of aliphatic hydroxyl groups is 2. The van der Waals surface area contributed by atoms with Crippen LogP contribution in [0.5, 0.6) is 0 Å². The van der Waals surface area contributed by atoms with Gasteiger partial charge in [-0.2, -0.15) is 0 Å². The topological polar surface area (TPSA) is 120 Å². The van der Waals surface area contributed by atoms with Gasteiger partial charge < -0.3 is 25.6 Å². The molecule has 0 aromatic heterocycles. The van der Waals surface area contributed by atoms with Crippen LogP contribution in [0.25, 0.3) is 0 Å². The van der Waals surface area contributed by atoms with Crippen molar-refractivity contribution < 1.29 is 24.5 Å². The first-order valence-electron chi connectivity index (χ1n) is 8.90. The third-order valence-electron chi connectivity index (χ3n) is 3.76. The summed E-state index contributed by atoms with van der Waals surface area (Å²) < 4.78 is 4.83. The number of aliphatic hydroxyl groups excluding tert-OH is 2. The molecule has 4 unspecified atom stereocenters. The second-order valence-electron chi connectivity index (χ2n) is 6.99. The molecule has 5 N–H and O–H groups in total. The number of carbonyl (C=O) groups is 2. The van der Waals surface area contributed by atoms with Crippen LogP contribution in [-0.4, -0.2) is 59.8 Å². The normalized spacial score (nSPS) is 16.2. The quantitative estimate of drug-likeness (QED) is 0.343. The molecule has 0 saturated heterocycles. The van der Waals surface area contributed by atoms with Crippen LogP contribution in [0.1, 0.15) is 48.0 Å². The summed E-state index contributed by atoms with van der Waals surface area (Å²) in [6.07, 6.45) is -1.07. The Hall–Kier alpha value is -1.38. The fourth-order valence-corrected chi connectivity index (χ4v) is 2.43. The Morgan fingerprint density at radius 3 is 2.12 bits per heavy atom. The van der Waals surface area contributed by atoms with Crippen molar-refractivity contribution in [1.29, 1.82) is 0 Å². The number of hydrogen-bond donors (Lipinski definition) is 5. The van der Waals surface area contributed by atoms with Crippen LogP contribution >= 0.6 is 0 Å². The first-order valence-corrected chi connectivity index (χ1v) is 8.90. The predicted molar refractivity (Wildman–Crippen MR) is 95.9 cm³/mol. The zero-order valence-electron chi connectivity index (χ0n) is 16.2. The number of amides is 2. The average molecular weight is 361 g/mol. The molecule has 0 aromatic rings. The fourth-order valence-electron chi connectivity index (χ4n) is 2.43. The summed E-state index contributed by atoms with van der Waals surface area (Å²) in [5, 5.41) is 27.8. The monoisotopic (exact) mass is 361 g/mol. The molecule has 0 saturated carbocycles. The van der Waals surface area contributed by atoms with E-state index in [-0.39, 0.29) is 31.1 Å².